The van der Waals surface area contributed by atoms with Crippen LogP contribution in [0.4, 0.5) is 18.9 Å². The van der Waals surface area contributed by atoms with Gasteiger partial charge < -0.3 is 23.8 Å². The lowest BCUT2D eigenvalue weighted by atomic mass is 10.0. The maximum Gasteiger partial charge on any atom is 0.416 e. The summed E-state index contributed by atoms with van der Waals surface area (Å²) in [4.78, 5) is 2.12. The number of alkyl halides is 3. The summed E-state index contributed by atoms with van der Waals surface area (Å²) in [5.41, 5.74) is 1.40. The summed E-state index contributed by atoms with van der Waals surface area (Å²) in [7, 11) is 3.24. The van der Waals surface area contributed by atoms with Gasteiger partial charge in [-0.1, -0.05) is 24.3 Å². The van der Waals surface area contributed by atoms with Gasteiger partial charge in [-0.15, -0.1) is 0 Å². The number of rotatable bonds is 15. The van der Waals surface area contributed by atoms with Gasteiger partial charge in [0, 0.05) is 44.1 Å². The van der Waals surface area contributed by atoms with E-state index in [1.807, 2.05) is 12.1 Å². The Labute approximate surface area is 192 Å². The van der Waals surface area contributed by atoms with Crippen LogP contribution < -0.4 is 4.90 Å². The summed E-state index contributed by atoms with van der Waals surface area (Å²) in [6.07, 6.45) is -4.40. The van der Waals surface area contributed by atoms with E-state index in [-0.39, 0.29) is 5.71 Å². The summed E-state index contributed by atoms with van der Waals surface area (Å²) in [6.45, 7) is 4.41. The minimum atomic E-state index is -4.40. The molecular formula is C24H31F3N2O4. The molecule has 9 heteroatoms. The Morgan fingerprint density at radius 2 is 1.18 bits per heavy atom. The normalized spacial score (nSPS) is 11.5. The molecule has 33 heavy (non-hydrogen) atoms. The largest absolute Gasteiger partial charge is 0.416 e. The predicted molar refractivity (Wildman–Crippen MR) is 121 cm³/mol. The Kier molecular flexibility index (Phi) is 11.3. The van der Waals surface area contributed by atoms with E-state index in [2.05, 4.69) is 4.90 Å². The lowest BCUT2D eigenvalue weighted by Gasteiger charge is -2.25. The molecular weight excluding hydrogens is 437 g/mol. The van der Waals surface area contributed by atoms with Crippen molar-refractivity contribution in [2.75, 3.05) is 71.9 Å². The van der Waals surface area contributed by atoms with Crippen molar-refractivity contribution in [3.8, 4) is 0 Å². The number of halogens is 3. The second kappa shape index (κ2) is 13.9. The van der Waals surface area contributed by atoms with E-state index in [0.29, 0.717) is 63.9 Å². The van der Waals surface area contributed by atoms with Crippen LogP contribution in [0.1, 0.15) is 16.7 Å². The Morgan fingerprint density at radius 3 is 1.61 bits per heavy atom. The fourth-order valence-corrected chi connectivity index (χ4v) is 3.04. The number of methoxy groups -OCH3 is 2. The molecule has 0 amide bonds. The third-order valence-corrected chi connectivity index (χ3v) is 4.90. The van der Waals surface area contributed by atoms with E-state index < -0.39 is 11.7 Å². The highest BCUT2D eigenvalue weighted by Gasteiger charge is 2.30. The van der Waals surface area contributed by atoms with Gasteiger partial charge in [0.15, 0.2) is 0 Å². The van der Waals surface area contributed by atoms with Gasteiger partial charge in [0.25, 0.3) is 0 Å². The van der Waals surface area contributed by atoms with Gasteiger partial charge in [-0.05, 0) is 24.3 Å². The number of benzene rings is 2. The number of nitrogens with zero attached hydrogens (tertiary/aromatic N) is 1. The van der Waals surface area contributed by atoms with E-state index in [0.717, 1.165) is 17.8 Å². The minimum absolute atomic E-state index is 0.160. The Hall–Kier alpha value is -2.46. The fourth-order valence-electron chi connectivity index (χ4n) is 3.04. The molecule has 0 aromatic heterocycles. The van der Waals surface area contributed by atoms with Crippen molar-refractivity contribution in [2.24, 2.45) is 0 Å². The highest BCUT2D eigenvalue weighted by Crippen LogP contribution is 2.29. The van der Waals surface area contributed by atoms with E-state index in [1.165, 1.54) is 12.1 Å². The Bertz CT molecular complexity index is 813. The molecule has 0 aliphatic carbocycles. The average molecular weight is 469 g/mol. The number of hydrogen-bond donors (Lipinski definition) is 1. The molecule has 0 spiro atoms. The molecule has 0 unspecified atom stereocenters. The third kappa shape index (κ3) is 9.13. The summed E-state index contributed by atoms with van der Waals surface area (Å²) < 4.78 is 59.5. The molecule has 1 N–H and O–H groups in total. The van der Waals surface area contributed by atoms with Crippen LogP contribution >= 0.6 is 0 Å². The standard InChI is InChI=1S/C24H31F3N2O4/c1-30-15-17-32-13-11-29(12-14-33-18-16-31-2)22-9-5-20(6-10-22)23(28)19-3-7-21(8-4-19)24(25,26)27/h3-10,28H,11-18H2,1-2H3. The smallest absolute Gasteiger partial charge is 0.382 e. The number of nitrogens with one attached hydrogen (secondary N) is 1. The van der Waals surface area contributed by atoms with Crippen LogP contribution in [-0.4, -0.2) is 72.7 Å². The van der Waals surface area contributed by atoms with Crippen molar-refractivity contribution < 1.29 is 32.1 Å². The molecule has 0 heterocycles. The van der Waals surface area contributed by atoms with Gasteiger partial charge in [0.05, 0.1) is 50.9 Å². The second-order valence-corrected chi connectivity index (χ2v) is 7.19. The SMILES string of the molecule is COCCOCCN(CCOCCOC)c1ccc(C(=N)c2ccc(C(F)(F)F)cc2)cc1. The summed E-state index contributed by atoms with van der Waals surface area (Å²) >= 11 is 0. The van der Waals surface area contributed by atoms with Gasteiger partial charge in [0.1, 0.15) is 0 Å². The lowest BCUT2D eigenvalue weighted by Crippen LogP contribution is -2.31. The first-order chi connectivity index (χ1) is 15.9. The number of hydrogen-bond acceptors (Lipinski definition) is 6. The molecule has 0 atom stereocenters. The zero-order chi connectivity index (χ0) is 24.1. The molecule has 0 aliphatic rings. The predicted octanol–water partition coefficient (Wildman–Crippen LogP) is 4.25. The van der Waals surface area contributed by atoms with Crippen LogP contribution in [0.15, 0.2) is 48.5 Å². The van der Waals surface area contributed by atoms with Crippen molar-refractivity contribution in [3.63, 3.8) is 0 Å². The van der Waals surface area contributed by atoms with Gasteiger partial charge in [-0.2, -0.15) is 13.2 Å². The quantitative estimate of drug-likeness (QED) is 0.313. The number of ether oxygens (including phenoxy) is 4. The molecule has 6 nitrogen and oxygen atoms in total. The molecule has 0 radical (unpaired) electrons. The van der Waals surface area contributed by atoms with E-state index in [4.69, 9.17) is 24.4 Å². The topological polar surface area (TPSA) is 64.0 Å². The van der Waals surface area contributed by atoms with Crippen molar-refractivity contribution in [3.05, 3.63) is 65.2 Å². The number of anilines is 1. The van der Waals surface area contributed by atoms with Crippen molar-refractivity contribution >= 4 is 11.4 Å². The van der Waals surface area contributed by atoms with Crippen molar-refractivity contribution in [2.45, 2.75) is 6.18 Å². The van der Waals surface area contributed by atoms with Crippen LogP contribution in [0.2, 0.25) is 0 Å². The monoisotopic (exact) mass is 468 g/mol. The van der Waals surface area contributed by atoms with E-state index >= 15 is 0 Å². The molecule has 2 aromatic carbocycles. The average Bonchev–Trinajstić information content (AvgIpc) is 2.81. The lowest BCUT2D eigenvalue weighted by molar-refractivity contribution is -0.137. The first-order valence-electron chi connectivity index (χ1n) is 10.6. The third-order valence-electron chi connectivity index (χ3n) is 4.90. The maximum atomic E-state index is 12.8. The second-order valence-electron chi connectivity index (χ2n) is 7.19. The van der Waals surface area contributed by atoms with Crippen LogP contribution in [0, 0.1) is 5.41 Å². The molecule has 0 saturated heterocycles. The molecule has 2 rings (SSSR count). The van der Waals surface area contributed by atoms with Crippen LogP contribution in [0.25, 0.3) is 0 Å². The van der Waals surface area contributed by atoms with Crippen molar-refractivity contribution in [1.29, 1.82) is 5.41 Å². The van der Waals surface area contributed by atoms with Gasteiger partial charge in [-0.25, -0.2) is 0 Å². The highest BCUT2D eigenvalue weighted by molar-refractivity contribution is 6.10. The molecule has 0 saturated carbocycles. The molecule has 0 fully saturated rings. The van der Waals surface area contributed by atoms with Crippen LogP contribution in [0.3, 0.4) is 0 Å². The summed E-state index contributed by atoms with van der Waals surface area (Å²) in [5.74, 6) is 0. The maximum absolute atomic E-state index is 12.8. The fraction of sp³-hybridized carbons (Fsp3) is 0.458. The summed E-state index contributed by atoms with van der Waals surface area (Å²) in [5, 5.41) is 8.37. The van der Waals surface area contributed by atoms with Crippen LogP contribution in [-0.2, 0) is 25.1 Å². The van der Waals surface area contributed by atoms with Gasteiger partial charge >= 0.3 is 6.18 Å². The van der Waals surface area contributed by atoms with Gasteiger partial charge in [0.2, 0.25) is 0 Å². The Morgan fingerprint density at radius 1 is 0.727 bits per heavy atom. The minimum Gasteiger partial charge on any atom is -0.382 e. The first kappa shape index (κ1) is 26.8. The first-order valence-corrected chi connectivity index (χ1v) is 10.6. The van der Waals surface area contributed by atoms with Crippen molar-refractivity contribution in [1.82, 2.24) is 0 Å². The van der Waals surface area contributed by atoms with Gasteiger partial charge in [-0.3, -0.25) is 5.41 Å². The Balaban J connectivity index is 2.03. The van der Waals surface area contributed by atoms with Crippen LogP contribution in [0.5, 0.6) is 0 Å². The highest BCUT2D eigenvalue weighted by atomic mass is 19.4. The molecule has 2 aromatic rings. The molecule has 0 aliphatic heterocycles. The summed E-state index contributed by atoms with van der Waals surface area (Å²) in [6, 6.07) is 12.0. The van der Waals surface area contributed by atoms with E-state index in [9.17, 15) is 13.2 Å². The molecule has 0 bridgehead atoms. The van der Waals surface area contributed by atoms with E-state index in [1.54, 1.807) is 26.4 Å². The molecule has 182 valence electrons. The zero-order valence-corrected chi connectivity index (χ0v) is 19.0. The zero-order valence-electron chi connectivity index (χ0n) is 19.0.